The summed E-state index contributed by atoms with van der Waals surface area (Å²) in [4.78, 5) is 16.4. The number of thiophene rings is 1. The summed E-state index contributed by atoms with van der Waals surface area (Å²) in [5, 5.41) is 4.55. The van der Waals surface area contributed by atoms with Crippen LogP contribution in [0.4, 0.5) is 0 Å². The van der Waals surface area contributed by atoms with Gasteiger partial charge in [0, 0.05) is 5.38 Å². The van der Waals surface area contributed by atoms with E-state index in [4.69, 9.17) is 11.6 Å². The Morgan fingerprint density at radius 2 is 2.25 bits per heavy atom. The predicted molar refractivity (Wildman–Crippen MR) is 100 cm³/mol. The second-order valence-corrected chi connectivity index (χ2v) is 10.1. The number of amides is 1. The summed E-state index contributed by atoms with van der Waals surface area (Å²) >= 11 is 9.73. The molecule has 2 N–H and O–H groups in total. The van der Waals surface area contributed by atoms with E-state index in [9.17, 15) is 13.2 Å². The summed E-state index contributed by atoms with van der Waals surface area (Å²) in [6, 6.07) is 2.09. The molecule has 132 valence electrons. The molecule has 0 aliphatic heterocycles. The van der Waals surface area contributed by atoms with Crippen molar-refractivity contribution in [1.29, 1.82) is 0 Å². The van der Waals surface area contributed by atoms with E-state index in [0.717, 1.165) is 17.0 Å². The molecule has 0 radical (unpaired) electrons. The number of thiazole rings is 1. The highest BCUT2D eigenvalue weighted by atomic mass is 35.5. The number of hydrogen-bond acceptors (Lipinski definition) is 7. The summed E-state index contributed by atoms with van der Waals surface area (Å²) in [7, 11) is -3.79. The number of sulfonamides is 1. The molecule has 1 atom stereocenters. The summed E-state index contributed by atoms with van der Waals surface area (Å²) in [5.41, 5.74) is 2.42. The molecule has 1 unspecified atom stereocenters. The van der Waals surface area contributed by atoms with Gasteiger partial charge in [0.25, 0.3) is 10.0 Å². The Kier molecular flexibility index (Phi) is 7.51. The van der Waals surface area contributed by atoms with Gasteiger partial charge in [0.05, 0.1) is 22.1 Å². The Balaban J connectivity index is 2.05. The Morgan fingerprint density at radius 1 is 1.46 bits per heavy atom. The van der Waals surface area contributed by atoms with Gasteiger partial charge in [-0.3, -0.25) is 4.79 Å². The third-order valence-corrected chi connectivity index (χ3v) is 7.44. The van der Waals surface area contributed by atoms with Crippen molar-refractivity contribution in [2.45, 2.75) is 23.2 Å². The SMILES string of the molecule is CSCCC(NS(=O)(=O)c1ccc(Cl)s1)C(=O)NCc1cscn1. The molecule has 0 aromatic carbocycles. The van der Waals surface area contributed by atoms with Gasteiger partial charge in [0.2, 0.25) is 5.91 Å². The van der Waals surface area contributed by atoms with Crippen LogP contribution in [0.1, 0.15) is 12.1 Å². The predicted octanol–water partition coefficient (Wildman–Crippen LogP) is 2.57. The van der Waals surface area contributed by atoms with E-state index >= 15 is 0 Å². The van der Waals surface area contributed by atoms with Gasteiger partial charge in [0.15, 0.2) is 0 Å². The van der Waals surface area contributed by atoms with E-state index in [2.05, 4.69) is 15.0 Å². The molecule has 2 heterocycles. The summed E-state index contributed by atoms with van der Waals surface area (Å²) < 4.78 is 27.7. The number of nitrogens with zero attached hydrogens (tertiary/aromatic N) is 1. The fraction of sp³-hybridized carbons (Fsp3) is 0.385. The normalized spacial score (nSPS) is 12.9. The summed E-state index contributed by atoms with van der Waals surface area (Å²) in [6.45, 7) is 0.269. The van der Waals surface area contributed by atoms with Gasteiger partial charge in [-0.05, 0) is 30.6 Å². The van der Waals surface area contributed by atoms with E-state index < -0.39 is 16.1 Å². The van der Waals surface area contributed by atoms with Crippen molar-refractivity contribution < 1.29 is 13.2 Å². The third-order valence-electron chi connectivity index (χ3n) is 2.97. The minimum Gasteiger partial charge on any atom is -0.349 e. The van der Waals surface area contributed by atoms with E-state index in [1.807, 2.05) is 11.6 Å². The van der Waals surface area contributed by atoms with Crippen LogP contribution in [0.15, 0.2) is 27.2 Å². The third kappa shape index (κ3) is 5.71. The molecule has 0 saturated carbocycles. The number of halogens is 1. The number of rotatable bonds is 9. The van der Waals surface area contributed by atoms with Crippen molar-refractivity contribution in [2.75, 3.05) is 12.0 Å². The molecular weight excluding hydrogens is 410 g/mol. The zero-order valence-corrected chi connectivity index (χ0v) is 16.7. The first-order chi connectivity index (χ1) is 11.4. The molecule has 0 bridgehead atoms. The highest BCUT2D eigenvalue weighted by Gasteiger charge is 2.26. The van der Waals surface area contributed by atoms with Crippen LogP contribution in [0.5, 0.6) is 0 Å². The lowest BCUT2D eigenvalue weighted by Crippen LogP contribution is -2.46. The Hall–Kier alpha value is -0.650. The average molecular weight is 426 g/mol. The highest BCUT2D eigenvalue weighted by molar-refractivity contribution is 7.98. The number of nitrogens with one attached hydrogen (secondary N) is 2. The first kappa shape index (κ1) is 19.7. The number of thioether (sulfide) groups is 1. The lowest BCUT2D eigenvalue weighted by molar-refractivity contribution is -0.122. The molecule has 24 heavy (non-hydrogen) atoms. The molecule has 11 heteroatoms. The van der Waals surface area contributed by atoms with Crippen LogP contribution in [0.25, 0.3) is 0 Å². The van der Waals surface area contributed by atoms with Crippen LogP contribution >= 0.6 is 46.0 Å². The maximum absolute atomic E-state index is 12.4. The van der Waals surface area contributed by atoms with Crippen LogP contribution in [0.2, 0.25) is 4.34 Å². The van der Waals surface area contributed by atoms with Crippen molar-refractivity contribution in [2.24, 2.45) is 0 Å². The first-order valence-corrected chi connectivity index (χ1v) is 11.8. The van der Waals surface area contributed by atoms with Gasteiger partial charge >= 0.3 is 0 Å². The molecule has 2 aromatic rings. The number of carbonyl (C=O) groups excluding carboxylic acids is 1. The number of aromatic nitrogens is 1. The Bertz CT molecular complexity index is 761. The smallest absolute Gasteiger partial charge is 0.250 e. The molecule has 2 aromatic heterocycles. The van der Waals surface area contributed by atoms with Crippen LogP contribution in [0.3, 0.4) is 0 Å². The molecule has 0 aliphatic carbocycles. The van der Waals surface area contributed by atoms with Crippen LogP contribution in [-0.4, -0.2) is 37.4 Å². The van der Waals surface area contributed by atoms with Crippen LogP contribution < -0.4 is 10.0 Å². The molecule has 6 nitrogen and oxygen atoms in total. The summed E-state index contributed by atoms with van der Waals surface area (Å²) in [5.74, 6) is 0.283. The molecule has 0 fully saturated rings. The van der Waals surface area contributed by atoms with Gasteiger partial charge in [0.1, 0.15) is 10.3 Å². The molecule has 2 rings (SSSR count). The number of hydrogen-bond donors (Lipinski definition) is 2. The van der Waals surface area contributed by atoms with Crippen LogP contribution in [0, 0.1) is 0 Å². The van der Waals surface area contributed by atoms with Crippen molar-refractivity contribution in [3.8, 4) is 0 Å². The van der Waals surface area contributed by atoms with Gasteiger partial charge in [-0.15, -0.1) is 22.7 Å². The van der Waals surface area contributed by atoms with Gasteiger partial charge < -0.3 is 5.32 Å². The molecular formula is C13H16ClN3O3S4. The minimum atomic E-state index is -3.79. The molecule has 0 saturated heterocycles. The zero-order valence-electron chi connectivity index (χ0n) is 12.7. The maximum atomic E-state index is 12.4. The topological polar surface area (TPSA) is 88.2 Å². The van der Waals surface area contributed by atoms with E-state index in [-0.39, 0.29) is 16.7 Å². The monoisotopic (exact) mass is 425 g/mol. The fourth-order valence-electron chi connectivity index (χ4n) is 1.79. The second-order valence-electron chi connectivity index (χ2n) is 4.71. The average Bonchev–Trinajstić information content (AvgIpc) is 3.20. The lowest BCUT2D eigenvalue weighted by Gasteiger charge is -2.17. The highest BCUT2D eigenvalue weighted by Crippen LogP contribution is 2.25. The van der Waals surface area contributed by atoms with Crippen molar-refractivity contribution in [3.63, 3.8) is 0 Å². The van der Waals surface area contributed by atoms with Crippen LogP contribution in [-0.2, 0) is 21.4 Å². The van der Waals surface area contributed by atoms with Crippen molar-refractivity contribution >= 4 is 62.0 Å². The number of carbonyl (C=O) groups is 1. The van der Waals surface area contributed by atoms with E-state index in [1.165, 1.54) is 23.5 Å². The Morgan fingerprint density at radius 3 is 2.83 bits per heavy atom. The Labute approximate surface area is 158 Å². The standard InChI is InChI=1S/C13H16ClN3O3S4/c1-21-5-4-10(13(18)15-6-9-7-22-8-16-9)17-24(19,20)12-3-2-11(14)23-12/h2-3,7-8,10,17H,4-6H2,1H3,(H,15,18). The van der Waals surface area contributed by atoms with Crippen molar-refractivity contribution in [3.05, 3.63) is 33.1 Å². The summed E-state index contributed by atoms with van der Waals surface area (Å²) in [6.07, 6.45) is 2.29. The van der Waals surface area contributed by atoms with E-state index in [0.29, 0.717) is 16.5 Å². The fourth-order valence-corrected chi connectivity index (χ4v) is 5.55. The minimum absolute atomic E-state index is 0.0916. The van der Waals surface area contributed by atoms with Crippen molar-refractivity contribution in [1.82, 2.24) is 15.0 Å². The lowest BCUT2D eigenvalue weighted by atomic mass is 10.2. The van der Waals surface area contributed by atoms with Gasteiger partial charge in [-0.2, -0.15) is 16.5 Å². The maximum Gasteiger partial charge on any atom is 0.250 e. The second kappa shape index (κ2) is 9.16. The molecule has 1 amide bonds. The zero-order chi connectivity index (χ0) is 17.6. The van der Waals surface area contributed by atoms with Gasteiger partial charge in [-0.1, -0.05) is 11.6 Å². The van der Waals surface area contributed by atoms with Gasteiger partial charge in [-0.25, -0.2) is 13.4 Å². The quantitative estimate of drug-likeness (QED) is 0.644. The molecule has 0 spiro atoms. The van der Waals surface area contributed by atoms with E-state index in [1.54, 1.807) is 17.3 Å². The first-order valence-electron chi connectivity index (χ1n) is 6.84. The molecule has 0 aliphatic rings. The largest absolute Gasteiger partial charge is 0.349 e.